The van der Waals surface area contributed by atoms with E-state index in [2.05, 4.69) is 20.4 Å². The van der Waals surface area contributed by atoms with Crippen LogP contribution >= 0.6 is 0 Å². The van der Waals surface area contributed by atoms with E-state index in [1.807, 2.05) is 0 Å². The van der Waals surface area contributed by atoms with Crippen LogP contribution in [0.5, 0.6) is 11.5 Å². The number of benzene rings is 2. The maximum atomic E-state index is 13.6. The lowest BCUT2D eigenvalue weighted by Crippen LogP contribution is -2.30. The molecule has 5 rings (SSSR count). The van der Waals surface area contributed by atoms with E-state index in [1.54, 1.807) is 12.1 Å². The summed E-state index contributed by atoms with van der Waals surface area (Å²) in [5, 5.41) is 46.8. The molecule has 0 saturated carbocycles. The van der Waals surface area contributed by atoms with Gasteiger partial charge < -0.3 is 31.1 Å². The maximum Gasteiger partial charge on any atom is 0.200 e. The Morgan fingerprint density at radius 3 is 1.47 bits per heavy atom. The van der Waals surface area contributed by atoms with E-state index in [9.17, 15) is 30.0 Å². The number of β-amino-alcohol motifs (C(OH)–C–C–N with tert-alkyl or cyclic N) is 2. The van der Waals surface area contributed by atoms with Gasteiger partial charge in [-0.1, -0.05) is 0 Å². The van der Waals surface area contributed by atoms with Crippen molar-refractivity contribution in [3.63, 3.8) is 0 Å². The normalized spacial score (nSPS) is 22.1. The first-order valence-electron chi connectivity index (χ1n) is 12.4. The molecule has 2 aliphatic heterocycles. The Morgan fingerprint density at radius 1 is 0.694 bits per heavy atom. The van der Waals surface area contributed by atoms with Gasteiger partial charge in [0.15, 0.2) is 0 Å². The summed E-state index contributed by atoms with van der Waals surface area (Å²) < 4.78 is 0. The number of phenolic OH excluding ortho intramolecular Hbond substituents is 2. The van der Waals surface area contributed by atoms with Gasteiger partial charge in [0, 0.05) is 63.7 Å². The smallest absolute Gasteiger partial charge is 0.200 e. The monoisotopic (exact) mass is 496 g/mol. The van der Waals surface area contributed by atoms with E-state index in [4.69, 9.17) is 0 Å². The average molecular weight is 497 g/mol. The standard InChI is InChI=1S/C26H32N4O6/c31-15-5-9-29(13-15)11-7-27-17-1-2-18(28-8-12-30-10-6-16(32)14-30)22-21(17)25(35)23-19(33)3-4-20(34)24(23)26(22)36/h1-4,15-16,27-28,31-34H,5-14H2. The van der Waals surface area contributed by atoms with Crippen molar-refractivity contribution in [2.45, 2.75) is 25.0 Å². The number of ketones is 2. The van der Waals surface area contributed by atoms with E-state index in [0.717, 1.165) is 25.9 Å². The van der Waals surface area contributed by atoms with Crippen LogP contribution in [0.25, 0.3) is 0 Å². The van der Waals surface area contributed by atoms with Gasteiger partial charge in [-0.05, 0) is 37.1 Å². The number of likely N-dealkylation sites (tertiary alicyclic amines) is 2. The number of anilines is 2. The fourth-order valence-electron chi connectivity index (χ4n) is 5.39. The second kappa shape index (κ2) is 10.1. The van der Waals surface area contributed by atoms with E-state index in [1.165, 1.54) is 12.1 Å². The predicted molar refractivity (Wildman–Crippen MR) is 134 cm³/mol. The first kappa shape index (κ1) is 24.5. The molecule has 1 aliphatic carbocycles. The van der Waals surface area contributed by atoms with Gasteiger partial charge >= 0.3 is 0 Å². The summed E-state index contributed by atoms with van der Waals surface area (Å²) in [6.07, 6.45) is 0.828. The molecular weight excluding hydrogens is 464 g/mol. The fourth-order valence-corrected chi connectivity index (χ4v) is 5.39. The molecule has 192 valence electrons. The van der Waals surface area contributed by atoms with Gasteiger partial charge in [-0.25, -0.2) is 0 Å². The highest BCUT2D eigenvalue weighted by Gasteiger charge is 2.38. The molecule has 0 bridgehead atoms. The van der Waals surface area contributed by atoms with E-state index < -0.39 is 11.6 Å². The molecule has 2 saturated heterocycles. The number of hydrogen-bond acceptors (Lipinski definition) is 10. The zero-order valence-corrected chi connectivity index (χ0v) is 20.0. The molecule has 0 spiro atoms. The van der Waals surface area contributed by atoms with Crippen molar-refractivity contribution in [2.24, 2.45) is 0 Å². The Hall–Kier alpha value is -3.18. The first-order chi connectivity index (χ1) is 17.3. The summed E-state index contributed by atoms with van der Waals surface area (Å²) in [5.74, 6) is -1.76. The molecule has 3 aliphatic rings. The Labute approximate surface area is 209 Å². The van der Waals surface area contributed by atoms with Crippen LogP contribution in [-0.4, -0.2) is 106 Å². The molecule has 0 amide bonds. The molecule has 2 atom stereocenters. The minimum absolute atomic E-state index is 0.163. The SMILES string of the molecule is O=C1c2c(O)ccc(O)c2C(=O)c2c(NCCN3CCC(O)C3)ccc(NCCN3CCC(O)C3)c21. The van der Waals surface area contributed by atoms with Crippen molar-refractivity contribution in [3.8, 4) is 11.5 Å². The van der Waals surface area contributed by atoms with Crippen molar-refractivity contribution in [3.05, 3.63) is 46.5 Å². The fraction of sp³-hybridized carbons (Fsp3) is 0.462. The lowest BCUT2D eigenvalue weighted by molar-refractivity contribution is 0.0975. The Bertz CT molecular complexity index is 1100. The number of fused-ring (bicyclic) bond motifs is 2. The molecule has 36 heavy (non-hydrogen) atoms. The summed E-state index contributed by atoms with van der Waals surface area (Å²) >= 11 is 0. The summed E-state index contributed by atoms with van der Waals surface area (Å²) in [5.41, 5.74) is 0.894. The van der Waals surface area contributed by atoms with Crippen LogP contribution in [0, 0.1) is 0 Å². The summed E-state index contributed by atoms with van der Waals surface area (Å²) in [6, 6.07) is 5.91. The van der Waals surface area contributed by atoms with Gasteiger partial charge in [-0.2, -0.15) is 0 Å². The molecule has 10 nitrogen and oxygen atoms in total. The first-order valence-corrected chi connectivity index (χ1v) is 12.4. The van der Waals surface area contributed by atoms with Crippen LogP contribution in [0.2, 0.25) is 0 Å². The van der Waals surface area contributed by atoms with Crippen molar-refractivity contribution in [2.75, 3.05) is 63.0 Å². The number of aliphatic hydroxyl groups excluding tert-OH is 2. The van der Waals surface area contributed by atoms with Gasteiger partial charge in [0.2, 0.25) is 11.6 Å². The molecule has 6 N–H and O–H groups in total. The van der Waals surface area contributed by atoms with Crippen LogP contribution in [0.15, 0.2) is 24.3 Å². The number of nitrogens with one attached hydrogen (secondary N) is 2. The van der Waals surface area contributed by atoms with Gasteiger partial charge in [0.1, 0.15) is 11.5 Å². The number of hydrogen-bond donors (Lipinski definition) is 6. The quantitative estimate of drug-likeness (QED) is 0.248. The van der Waals surface area contributed by atoms with Crippen LogP contribution in [0.3, 0.4) is 0 Å². The number of aliphatic hydroxyl groups is 2. The molecule has 2 unspecified atom stereocenters. The van der Waals surface area contributed by atoms with E-state index in [-0.39, 0.29) is 46.0 Å². The number of rotatable bonds is 8. The predicted octanol–water partition coefficient (Wildman–Crippen LogP) is 0.830. The number of phenols is 2. The number of aromatic hydroxyl groups is 2. The number of carbonyl (C=O) groups is 2. The third-order valence-electron chi connectivity index (χ3n) is 7.26. The highest BCUT2D eigenvalue weighted by atomic mass is 16.3. The molecule has 0 radical (unpaired) electrons. The Morgan fingerprint density at radius 2 is 1.11 bits per heavy atom. The van der Waals surface area contributed by atoms with Gasteiger partial charge in [0.25, 0.3) is 0 Å². The van der Waals surface area contributed by atoms with Gasteiger partial charge in [-0.15, -0.1) is 0 Å². The van der Waals surface area contributed by atoms with Crippen molar-refractivity contribution < 1.29 is 30.0 Å². The lowest BCUT2D eigenvalue weighted by Gasteiger charge is -2.25. The highest BCUT2D eigenvalue weighted by molar-refractivity contribution is 6.33. The molecule has 2 aromatic rings. The topological polar surface area (TPSA) is 146 Å². The molecule has 0 aromatic heterocycles. The van der Waals surface area contributed by atoms with E-state index >= 15 is 0 Å². The average Bonchev–Trinajstić information content (AvgIpc) is 3.46. The Balaban J connectivity index is 1.43. The number of carbonyl (C=O) groups excluding carboxylic acids is 2. The largest absolute Gasteiger partial charge is 0.507 e. The third kappa shape index (κ3) is 4.64. The van der Waals surface area contributed by atoms with Crippen LogP contribution in [0.4, 0.5) is 11.4 Å². The molecular formula is C26H32N4O6. The molecule has 2 aromatic carbocycles. The lowest BCUT2D eigenvalue weighted by atomic mass is 9.81. The molecule has 2 heterocycles. The molecule has 2 fully saturated rings. The van der Waals surface area contributed by atoms with Crippen molar-refractivity contribution in [1.29, 1.82) is 0 Å². The van der Waals surface area contributed by atoms with Crippen LogP contribution in [-0.2, 0) is 0 Å². The summed E-state index contributed by atoms with van der Waals surface area (Å²) in [7, 11) is 0. The van der Waals surface area contributed by atoms with Gasteiger partial charge in [-0.3, -0.25) is 19.4 Å². The number of nitrogens with zero attached hydrogens (tertiary/aromatic N) is 2. The second-order valence-corrected chi connectivity index (χ2v) is 9.76. The second-order valence-electron chi connectivity index (χ2n) is 9.76. The maximum absolute atomic E-state index is 13.6. The highest BCUT2D eigenvalue weighted by Crippen LogP contribution is 2.42. The summed E-state index contributed by atoms with van der Waals surface area (Å²) in [6.45, 7) is 5.15. The third-order valence-corrected chi connectivity index (χ3v) is 7.26. The zero-order valence-electron chi connectivity index (χ0n) is 20.0. The minimum Gasteiger partial charge on any atom is -0.507 e. The summed E-state index contributed by atoms with van der Waals surface area (Å²) in [4.78, 5) is 31.5. The van der Waals surface area contributed by atoms with E-state index in [0.29, 0.717) is 50.6 Å². The molecule has 10 heteroatoms. The van der Waals surface area contributed by atoms with Crippen LogP contribution < -0.4 is 10.6 Å². The zero-order chi connectivity index (χ0) is 25.4. The minimum atomic E-state index is -0.529. The van der Waals surface area contributed by atoms with Crippen molar-refractivity contribution in [1.82, 2.24) is 9.80 Å². The Kier molecular flexibility index (Phi) is 6.85. The van der Waals surface area contributed by atoms with Crippen molar-refractivity contribution >= 4 is 22.9 Å². The van der Waals surface area contributed by atoms with Gasteiger partial charge in [0.05, 0.1) is 34.5 Å². The van der Waals surface area contributed by atoms with Crippen LogP contribution in [0.1, 0.15) is 44.7 Å².